The van der Waals surface area contributed by atoms with Crippen molar-refractivity contribution in [2.45, 2.75) is 6.92 Å². The van der Waals surface area contributed by atoms with Gasteiger partial charge >= 0.3 is 5.69 Å². The molecule has 1 aromatic heterocycles. The van der Waals surface area contributed by atoms with Gasteiger partial charge in [-0.05, 0) is 19.1 Å². The zero-order chi connectivity index (χ0) is 17.0. The summed E-state index contributed by atoms with van der Waals surface area (Å²) in [7, 11) is 1.27. The van der Waals surface area contributed by atoms with E-state index < -0.39 is 22.3 Å². The van der Waals surface area contributed by atoms with E-state index >= 15 is 0 Å². The van der Waals surface area contributed by atoms with Gasteiger partial charge in [-0.3, -0.25) is 14.9 Å². The quantitative estimate of drug-likeness (QED) is 0.493. The maximum absolute atomic E-state index is 11.8. The van der Waals surface area contributed by atoms with E-state index in [9.17, 15) is 20.0 Å². The van der Waals surface area contributed by atoms with Crippen LogP contribution in [0.2, 0.25) is 0 Å². The molecule has 0 aliphatic heterocycles. The summed E-state index contributed by atoms with van der Waals surface area (Å²) in [5, 5.41) is 24.3. The molecule has 23 heavy (non-hydrogen) atoms. The van der Waals surface area contributed by atoms with E-state index in [0.717, 1.165) is 6.07 Å². The van der Waals surface area contributed by atoms with Crippen molar-refractivity contribution in [1.82, 2.24) is 5.43 Å². The van der Waals surface area contributed by atoms with Crippen molar-refractivity contribution in [1.29, 1.82) is 0 Å². The standard InChI is InChI=1S/C14H13N3O6/c1-8-10(3-4-23-8)14(19)16-15-7-9-5-11(17(20)21)13(18)12(6-9)22-2/h3-7,18H,1-2H3,(H,16,19)/b15-7-. The third-order valence-corrected chi connectivity index (χ3v) is 2.98. The van der Waals surface area contributed by atoms with E-state index in [0.29, 0.717) is 11.3 Å². The normalized spacial score (nSPS) is 10.7. The van der Waals surface area contributed by atoms with E-state index in [1.807, 2.05) is 0 Å². The van der Waals surface area contributed by atoms with E-state index in [4.69, 9.17) is 9.15 Å². The number of nitro benzene ring substituents is 1. The van der Waals surface area contributed by atoms with Crippen LogP contribution in [-0.2, 0) is 0 Å². The smallest absolute Gasteiger partial charge is 0.315 e. The fourth-order valence-electron chi connectivity index (χ4n) is 1.83. The summed E-state index contributed by atoms with van der Waals surface area (Å²) in [6, 6.07) is 3.95. The first-order valence-electron chi connectivity index (χ1n) is 6.37. The van der Waals surface area contributed by atoms with E-state index in [1.165, 1.54) is 31.7 Å². The number of hydrogen-bond acceptors (Lipinski definition) is 7. The van der Waals surface area contributed by atoms with Gasteiger partial charge in [-0.1, -0.05) is 0 Å². The van der Waals surface area contributed by atoms with Crippen LogP contribution in [-0.4, -0.2) is 29.3 Å². The number of nitro groups is 1. The molecular formula is C14H13N3O6. The summed E-state index contributed by atoms with van der Waals surface area (Å²) in [6.07, 6.45) is 2.57. The molecule has 0 radical (unpaired) electrons. The highest BCUT2D eigenvalue weighted by molar-refractivity contribution is 5.95. The lowest BCUT2D eigenvalue weighted by atomic mass is 10.2. The van der Waals surface area contributed by atoms with Gasteiger partial charge in [0, 0.05) is 11.6 Å². The molecule has 2 aromatic rings. The minimum Gasteiger partial charge on any atom is -0.500 e. The van der Waals surface area contributed by atoms with Crippen LogP contribution in [0.3, 0.4) is 0 Å². The van der Waals surface area contributed by atoms with Crippen LogP contribution in [0.1, 0.15) is 21.7 Å². The molecule has 0 atom stereocenters. The molecule has 9 nitrogen and oxygen atoms in total. The first-order chi connectivity index (χ1) is 10.9. The maximum atomic E-state index is 11.8. The number of nitrogens with one attached hydrogen (secondary N) is 1. The van der Waals surface area contributed by atoms with Gasteiger partial charge in [-0.2, -0.15) is 5.10 Å². The number of carbonyl (C=O) groups is 1. The van der Waals surface area contributed by atoms with Gasteiger partial charge in [0.25, 0.3) is 5.91 Å². The molecule has 120 valence electrons. The summed E-state index contributed by atoms with van der Waals surface area (Å²) in [4.78, 5) is 21.9. The molecule has 0 unspecified atom stereocenters. The van der Waals surface area contributed by atoms with Gasteiger partial charge < -0.3 is 14.3 Å². The topological polar surface area (TPSA) is 127 Å². The number of aromatic hydroxyl groups is 1. The molecule has 0 aliphatic rings. The van der Waals surface area contributed by atoms with Crippen molar-refractivity contribution < 1.29 is 24.0 Å². The van der Waals surface area contributed by atoms with E-state index in [-0.39, 0.29) is 11.3 Å². The van der Waals surface area contributed by atoms with E-state index in [1.54, 1.807) is 6.92 Å². The number of phenolic OH excluding ortho intramolecular Hbond substituents is 1. The summed E-state index contributed by atoms with van der Waals surface area (Å²) in [5.74, 6) is -0.683. The fourth-order valence-corrected chi connectivity index (χ4v) is 1.83. The third kappa shape index (κ3) is 3.46. The van der Waals surface area contributed by atoms with Gasteiger partial charge in [-0.25, -0.2) is 5.43 Å². The van der Waals surface area contributed by atoms with Crippen LogP contribution in [0.25, 0.3) is 0 Å². The number of furan rings is 1. The second kappa shape index (κ2) is 6.60. The number of phenols is 1. The monoisotopic (exact) mass is 319 g/mol. The highest BCUT2D eigenvalue weighted by atomic mass is 16.6. The molecule has 0 bridgehead atoms. The van der Waals surface area contributed by atoms with Crippen molar-refractivity contribution in [2.75, 3.05) is 7.11 Å². The van der Waals surface area contributed by atoms with Gasteiger partial charge in [0.1, 0.15) is 5.76 Å². The number of amides is 1. The summed E-state index contributed by atoms with van der Waals surface area (Å²) in [6.45, 7) is 1.63. The second-order valence-electron chi connectivity index (χ2n) is 4.44. The Morgan fingerprint density at radius 3 is 2.83 bits per heavy atom. The number of methoxy groups -OCH3 is 1. The Morgan fingerprint density at radius 2 is 2.26 bits per heavy atom. The molecule has 9 heteroatoms. The number of carbonyl (C=O) groups excluding carboxylic acids is 1. The lowest BCUT2D eigenvalue weighted by molar-refractivity contribution is -0.386. The summed E-state index contributed by atoms with van der Waals surface area (Å²) in [5.41, 5.74) is 2.35. The Balaban J connectivity index is 2.19. The van der Waals surface area contributed by atoms with Gasteiger partial charge in [0.15, 0.2) is 5.75 Å². The molecule has 0 spiro atoms. The predicted molar refractivity (Wildman–Crippen MR) is 79.8 cm³/mol. The number of rotatable bonds is 5. The first-order valence-corrected chi connectivity index (χ1v) is 6.37. The molecule has 1 heterocycles. The molecule has 0 saturated carbocycles. The maximum Gasteiger partial charge on any atom is 0.315 e. The Kier molecular flexibility index (Phi) is 4.60. The minimum atomic E-state index is -0.747. The summed E-state index contributed by atoms with van der Waals surface area (Å²) >= 11 is 0. The molecule has 2 rings (SSSR count). The third-order valence-electron chi connectivity index (χ3n) is 2.98. The number of aryl methyl sites for hydroxylation is 1. The Morgan fingerprint density at radius 1 is 1.52 bits per heavy atom. The highest BCUT2D eigenvalue weighted by Crippen LogP contribution is 2.36. The average molecular weight is 319 g/mol. The number of hydrogen-bond donors (Lipinski definition) is 2. The van der Waals surface area contributed by atoms with Crippen molar-refractivity contribution in [3.8, 4) is 11.5 Å². The SMILES string of the molecule is COc1cc(/C=N\NC(=O)c2ccoc2C)cc([N+](=O)[O-])c1O. The molecule has 2 N–H and O–H groups in total. The van der Waals surface area contributed by atoms with E-state index in [2.05, 4.69) is 10.5 Å². The fraction of sp³-hybridized carbons (Fsp3) is 0.143. The predicted octanol–water partition coefficient (Wildman–Crippen LogP) is 1.97. The van der Waals surface area contributed by atoms with Crippen LogP contribution in [0.5, 0.6) is 11.5 Å². The van der Waals surface area contributed by atoms with Gasteiger partial charge in [0.2, 0.25) is 5.75 Å². The van der Waals surface area contributed by atoms with Crippen LogP contribution in [0.4, 0.5) is 5.69 Å². The summed E-state index contributed by atoms with van der Waals surface area (Å²) < 4.78 is 9.87. The Labute approximate surface area is 130 Å². The number of nitrogens with zero attached hydrogens (tertiary/aromatic N) is 2. The van der Waals surface area contributed by atoms with Gasteiger partial charge in [-0.15, -0.1) is 0 Å². The van der Waals surface area contributed by atoms with Gasteiger partial charge in [0.05, 0.1) is 30.1 Å². The van der Waals surface area contributed by atoms with Crippen LogP contribution in [0.15, 0.2) is 34.0 Å². The van der Waals surface area contributed by atoms with Crippen molar-refractivity contribution in [3.63, 3.8) is 0 Å². The molecule has 1 amide bonds. The molecule has 1 aromatic carbocycles. The molecule has 0 saturated heterocycles. The number of ether oxygens (including phenoxy) is 1. The minimum absolute atomic E-state index is 0.0716. The number of hydrazone groups is 1. The first kappa shape index (κ1) is 16.0. The zero-order valence-corrected chi connectivity index (χ0v) is 12.3. The van der Waals surface area contributed by atoms with Crippen molar-refractivity contribution >= 4 is 17.8 Å². The van der Waals surface area contributed by atoms with Crippen LogP contribution >= 0.6 is 0 Å². The van der Waals surface area contributed by atoms with Crippen molar-refractivity contribution in [3.05, 3.63) is 51.5 Å². The van der Waals surface area contributed by atoms with Crippen LogP contribution < -0.4 is 10.2 Å². The highest BCUT2D eigenvalue weighted by Gasteiger charge is 2.19. The molecule has 0 aliphatic carbocycles. The second-order valence-corrected chi connectivity index (χ2v) is 4.44. The largest absolute Gasteiger partial charge is 0.500 e. The lowest BCUT2D eigenvalue weighted by Gasteiger charge is -2.05. The number of benzene rings is 1. The van der Waals surface area contributed by atoms with Crippen molar-refractivity contribution in [2.24, 2.45) is 5.10 Å². The van der Waals surface area contributed by atoms with Crippen LogP contribution in [0, 0.1) is 17.0 Å². The Bertz CT molecular complexity index is 781. The Hall–Kier alpha value is -3.36. The average Bonchev–Trinajstić information content (AvgIpc) is 2.94. The lowest BCUT2D eigenvalue weighted by Crippen LogP contribution is -2.17. The zero-order valence-electron chi connectivity index (χ0n) is 12.3. The molecular weight excluding hydrogens is 306 g/mol. The molecule has 0 fully saturated rings.